The van der Waals surface area contributed by atoms with E-state index < -0.39 is 11.9 Å². The number of phenolic OH excluding ortho intramolecular Hbond substituents is 1. The number of nitrogens with one attached hydrogen (secondary N) is 1. The molecule has 7 heteroatoms. The number of carbonyl (C=O) groups excluding carboxylic acids is 1. The van der Waals surface area contributed by atoms with Crippen molar-refractivity contribution < 1.29 is 15.1 Å². The van der Waals surface area contributed by atoms with Gasteiger partial charge in [-0.15, -0.1) is 0 Å². The minimum atomic E-state index is -0.499. The molecule has 1 unspecified atom stereocenters. The number of halogens is 1. The number of hydrogen-bond donors (Lipinski definition) is 4. The predicted octanol–water partition coefficient (Wildman–Crippen LogP) is 1.41. The van der Waals surface area contributed by atoms with Gasteiger partial charge in [-0.1, -0.05) is 21.1 Å². The van der Waals surface area contributed by atoms with Crippen molar-refractivity contribution in [2.75, 3.05) is 0 Å². The second kappa shape index (κ2) is 5.48. The summed E-state index contributed by atoms with van der Waals surface area (Å²) in [6.07, 6.45) is 1.85. The third kappa shape index (κ3) is 3.17. The van der Waals surface area contributed by atoms with Gasteiger partial charge >= 0.3 is 0 Å². The van der Waals surface area contributed by atoms with Gasteiger partial charge in [0.05, 0.1) is 11.6 Å². The molecule has 0 aromatic heterocycles. The molecular weight excluding hydrogens is 314 g/mol. The Morgan fingerprint density at radius 2 is 2.21 bits per heavy atom. The lowest BCUT2D eigenvalue weighted by Crippen LogP contribution is -2.46. The van der Waals surface area contributed by atoms with Gasteiger partial charge in [0.15, 0.2) is 5.84 Å². The number of benzene rings is 1. The molecule has 19 heavy (non-hydrogen) atoms. The number of nitrogens with zero attached hydrogens (tertiary/aromatic N) is 1. The summed E-state index contributed by atoms with van der Waals surface area (Å²) < 4.78 is 0.678. The maximum Gasteiger partial charge on any atom is 0.255 e. The number of carbonyl (C=O) groups is 1. The van der Waals surface area contributed by atoms with Crippen LogP contribution >= 0.6 is 15.9 Å². The molecule has 5 N–H and O–H groups in total. The summed E-state index contributed by atoms with van der Waals surface area (Å²) in [6.45, 7) is 0. The van der Waals surface area contributed by atoms with Crippen molar-refractivity contribution in [1.82, 2.24) is 5.32 Å². The van der Waals surface area contributed by atoms with E-state index in [0.29, 0.717) is 4.47 Å². The summed E-state index contributed by atoms with van der Waals surface area (Å²) in [5, 5.41) is 24.1. The second-order valence-corrected chi connectivity index (χ2v) is 5.39. The monoisotopic (exact) mass is 327 g/mol. The van der Waals surface area contributed by atoms with E-state index in [2.05, 4.69) is 26.4 Å². The molecule has 1 amide bonds. The van der Waals surface area contributed by atoms with Gasteiger partial charge in [-0.05, 0) is 37.0 Å². The highest BCUT2D eigenvalue weighted by Gasteiger charge is 2.35. The highest BCUT2D eigenvalue weighted by molar-refractivity contribution is 9.10. The van der Waals surface area contributed by atoms with Crippen LogP contribution in [0.2, 0.25) is 0 Å². The summed E-state index contributed by atoms with van der Waals surface area (Å²) >= 11 is 3.20. The van der Waals surface area contributed by atoms with Crippen LogP contribution in [0, 0.1) is 5.92 Å². The Labute approximate surface area is 118 Å². The largest absolute Gasteiger partial charge is 0.507 e. The van der Waals surface area contributed by atoms with Gasteiger partial charge in [0.25, 0.3) is 5.91 Å². The molecule has 1 atom stereocenters. The zero-order valence-corrected chi connectivity index (χ0v) is 11.6. The van der Waals surface area contributed by atoms with Gasteiger partial charge < -0.3 is 21.4 Å². The minimum Gasteiger partial charge on any atom is -0.507 e. The third-order valence-electron chi connectivity index (χ3n) is 3.02. The van der Waals surface area contributed by atoms with E-state index >= 15 is 0 Å². The van der Waals surface area contributed by atoms with E-state index in [9.17, 15) is 9.90 Å². The molecule has 1 aromatic carbocycles. The summed E-state index contributed by atoms with van der Waals surface area (Å²) in [4.78, 5) is 12.1. The number of phenols is 1. The minimum absolute atomic E-state index is 0.0209. The first-order valence-corrected chi connectivity index (χ1v) is 6.59. The van der Waals surface area contributed by atoms with Crippen LogP contribution in [0.25, 0.3) is 0 Å². The highest BCUT2D eigenvalue weighted by Crippen LogP contribution is 2.33. The van der Waals surface area contributed by atoms with Crippen molar-refractivity contribution in [2.45, 2.75) is 18.9 Å². The van der Waals surface area contributed by atoms with Crippen molar-refractivity contribution in [2.24, 2.45) is 16.8 Å². The van der Waals surface area contributed by atoms with Crippen LogP contribution in [-0.4, -0.2) is 28.1 Å². The van der Waals surface area contributed by atoms with Crippen LogP contribution in [0.1, 0.15) is 23.2 Å². The summed E-state index contributed by atoms with van der Waals surface area (Å²) in [5.41, 5.74) is 5.71. The average Bonchev–Trinajstić information content (AvgIpc) is 3.19. The SMILES string of the molecule is NC(=NO)C(NC(=O)c1ccc(Br)cc1O)C1CC1. The van der Waals surface area contributed by atoms with E-state index in [1.54, 1.807) is 6.07 Å². The molecular formula is C12H14BrN3O3. The van der Waals surface area contributed by atoms with E-state index in [4.69, 9.17) is 10.9 Å². The van der Waals surface area contributed by atoms with Gasteiger partial charge in [-0.2, -0.15) is 0 Å². The van der Waals surface area contributed by atoms with Gasteiger partial charge in [0.1, 0.15) is 5.75 Å². The fraction of sp³-hybridized carbons (Fsp3) is 0.333. The number of oxime groups is 1. The number of amides is 1. The van der Waals surface area contributed by atoms with Gasteiger partial charge in [0, 0.05) is 4.47 Å². The molecule has 1 aliphatic carbocycles. The number of hydrogen-bond acceptors (Lipinski definition) is 4. The summed E-state index contributed by atoms with van der Waals surface area (Å²) in [5.74, 6) is -0.403. The molecule has 102 valence electrons. The Bertz CT molecular complexity index is 529. The maximum absolute atomic E-state index is 12.1. The predicted molar refractivity (Wildman–Crippen MR) is 73.2 cm³/mol. The van der Waals surface area contributed by atoms with Crippen LogP contribution in [-0.2, 0) is 0 Å². The topological polar surface area (TPSA) is 108 Å². The molecule has 1 aliphatic rings. The fourth-order valence-electron chi connectivity index (χ4n) is 1.84. The van der Waals surface area contributed by atoms with Gasteiger partial charge in [0.2, 0.25) is 0 Å². The smallest absolute Gasteiger partial charge is 0.255 e. The van der Waals surface area contributed by atoms with Crippen LogP contribution in [0.15, 0.2) is 27.8 Å². The number of amidine groups is 1. The zero-order valence-electron chi connectivity index (χ0n) is 10.0. The Morgan fingerprint density at radius 3 is 2.74 bits per heavy atom. The lowest BCUT2D eigenvalue weighted by atomic mass is 10.1. The van der Waals surface area contributed by atoms with Crippen molar-refractivity contribution >= 4 is 27.7 Å². The van der Waals surface area contributed by atoms with E-state index in [1.165, 1.54) is 12.1 Å². The Morgan fingerprint density at radius 1 is 1.53 bits per heavy atom. The van der Waals surface area contributed by atoms with E-state index in [-0.39, 0.29) is 23.1 Å². The molecule has 1 saturated carbocycles. The first kappa shape index (κ1) is 13.7. The van der Waals surface area contributed by atoms with Crippen molar-refractivity contribution in [3.05, 3.63) is 28.2 Å². The summed E-state index contributed by atoms with van der Waals surface area (Å²) in [7, 11) is 0. The molecule has 6 nitrogen and oxygen atoms in total. The van der Waals surface area contributed by atoms with Crippen molar-refractivity contribution in [3.63, 3.8) is 0 Å². The lowest BCUT2D eigenvalue weighted by molar-refractivity contribution is 0.0940. The molecule has 0 radical (unpaired) electrons. The Hall–Kier alpha value is -1.76. The Balaban J connectivity index is 2.15. The molecule has 0 heterocycles. The average molecular weight is 328 g/mol. The van der Waals surface area contributed by atoms with Crippen LogP contribution in [0.5, 0.6) is 5.75 Å². The lowest BCUT2D eigenvalue weighted by Gasteiger charge is -2.17. The number of aromatic hydroxyl groups is 1. The Kier molecular flexibility index (Phi) is 3.94. The number of nitrogens with two attached hydrogens (primary N) is 1. The van der Waals surface area contributed by atoms with Crippen LogP contribution < -0.4 is 11.1 Å². The van der Waals surface area contributed by atoms with E-state index in [0.717, 1.165) is 12.8 Å². The standard InChI is InChI=1S/C12H14BrN3O3/c13-7-3-4-8(9(17)5-7)12(18)15-10(6-1-2-6)11(14)16-19/h3-6,10,17,19H,1-2H2,(H2,14,16)(H,15,18). The molecule has 1 fully saturated rings. The normalized spacial score (nSPS) is 17.0. The maximum atomic E-state index is 12.1. The fourth-order valence-corrected chi connectivity index (χ4v) is 2.19. The highest BCUT2D eigenvalue weighted by atomic mass is 79.9. The van der Waals surface area contributed by atoms with Crippen molar-refractivity contribution in [3.8, 4) is 5.75 Å². The third-order valence-corrected chi connectivity index (χ3v) is 3.51. The van der Waals surface area contributed by atoms with E-state index in [1.807, 2.05) is 0 Å². The molecule has 0 bridgehead atoms. The molecule has 0 aliphatic heterocycles. The molecule has 0 saturated heterocycles. The van der Waals surface area contributed by atoms with Crippen LogP contribution in [0.4, 0.5) is 0 Å². The molecule has 1 aromatic rings. The first-order chi connectivity index (χ1) is 9.02. The molecule has 2 rings (SSSR count). The molecule has 0 spiro atoms. The summed E-state index contributed by atoms with van der Waals surface area (Å²) in [6, 6.07) is 4.10. The van der Waals surface area contributed by atoms with Crippen molar-refractivity contribution in [1.29, 1.82) is 0 Å². The second-order valence-electron chi connectivity index (χ2n) is 4.47. The first-order valence-electron chi connectivity index (χ1n) is 5.79. The van der Waals surface area contributed by atoms with Crippen LogP contribution in [0.3, 0.4) is 0 Å². The number of rotatable bonds is 4. The zero-order chi connectivity index (χ0) is 14.0. The quantitative estimate of drug-likeness (QED) is 0.290. The van der Waals surface area contributed by atoms with Gasteiger partial charge in [-0.25, -0.2) is 0 Å². The van der Waals surface area contributed by atoms with Gasteiger partial charge in [-0.3, -0.25) is 4.79 Å².